The van der Waals surface area contributed by atoms with Gasteiger partial charge in [-0.05, 0) is 23.6 Å². The largest absolute Gasteiger partial charge is 0.306 e. The number of fused-ring (bicyclic) bond motifs is 2. The van der Waals surface area contributed by atoms with E-state index in [-0.39, 0.29) is 10.8 Å². The Kier molecular flexibility index (Phi) is 3.52. The van der Waals surface area contributed by atoms with Crippen LogP contribution < -0.4 is 0 Å². The maximum Gasteiger partial charge on any atom is 0.141 e. The van der Waals surface area contributed by atoms with Crippen LogP contribution >= 0.6 is 0 Å². The smallest absolute Gasteiger partial charge is 0.141 e. The van der Waals surface area contributed by atoms with Gasteiger partial charge in [0.05, 0.1) is 5.69 Å². The van der Waals surface area contributed by atoms with Gasteiger partial charge in [0.15, 0.2) is 0 Å². The van der Waals surface area contributed by atoms with Crippen molar-refractivity contribution in [1.82, 2.24) is 18.8 Å². The molecule has 0 radical (unpaired) electrons. The van der Waals surface area contributed by atoms with Crippen molar-refractivity contribution in [1.29, 1.82) is 0 Å². The lowest BCUT2D eigenvalue weighted by Crippen LogP contribution is -2.14. The van der Waals surface area contributed by atoms with E-state index in [0.29, 0.717) is 0 Å². The molecule has 4 nitrogen and oxygen atoms in total. The van der Waals surface area contributed by atoms with Crippen molar-refractivity contribution in [3.8, 4) is 11.3 Å². The maximum atomic E-state index is 4.96. The Labute approximate surface area is 154 Å². The highest BCUT2D eigenvalue weighted by molar-refractivity contribution is 5.66. The summed E-state index contributed by atoms with van der Waals surface area (Å²) in [5.41, 5.74) is 6.63. The van der Waals surface area contributed by atoms with Gasteiger partial charge in [-0.2, -0.15) is 0 Å². The summed E-state index contributed by atoms with van der Waals surface area (Å²) >= 11 is 0. The Hall–Kier alpha value is -2.62. The van der Waals surface area contributed by atoms with Crippen LogP contribution in [0.4, 0.5) is 0 Å². The van der Waals surface area contributed by atoms with Gasteiger partial charge in [-0.3, -0.25) is 0 Å². The van der Waals surface area contributed by atoms with E-state index in [4.69, 9.17) is 4.98 Å². The van der Waals surface area contributed by atoms with Crippen LogP contribution in [0.5, 0.6) is 0 Å². The topological polar surface area (TPSA) is 34.6 Å². The molecule has 4 aromatic heterocycles. The van der Waals surface area contributed by atoms with Crippen molar-refractivity contribution in [2.24, 2.45) is 0 Å². The van der Waals surface area contributed by atoms with Crippen LogP contribution in [-0.4, -0.2) is 18.8 Å². The molecule has 0 aliphatic carbocycles. The number of hydrogen-bond acceptors (Lipinski definition) is 2. The molecule has 4 rings (SSSR count). The molecule has 26 heavy (non-hydrogen) atoms. The number of imidazole rings is 2. The molecule has 0 fully saturated rings. The van der Waals surface area contributed by atoms with Crippen molar-refractivity contribution in [2.45, 2.75) is 52.4 Å². The van der Waals surface area contributed by atoms with Crippen LogP contribution in [0.3, 0.4) is 0 Å². The molecule has 0 aliphatic rings. The van der Waals surface area contributed by atoms with Gasteiger partial charge in [-0.1, -0.05) is 47.6 Å². The summed E-state index contributed by atoms with van der Waals surface area (Å²) in [6, 6.07) is 8.44. The second-order valence-electron chi connectivity index (χ2n) is 9.07. The summed E-state index contributed by atoms with van der Waals surface area (Å²) in [6.07, 6.45) is 8.30. The van der Waals surface area contributed by atoms with E-state index in [1.54, 1.807) is 0 Å². The van der Waals surface area contributed by atoms with Gasteiger partial charge < -0.3 is 8.80 Å². The molecule has 0 unspecified atom stereocenters. The molecule has 0 saturated carbocycles. The number of nitrogens with zero attached hydrogens (tertiary/aromatic N) is 4. The second kappa shape index (κ2) is 5.44. The average molecular weight is 346 g/mol. The van der Waals surface area contributed by atoms with E-state index < -0.39 is 0 Å². The quantitative estimate of drug-likeness (QED) is 0.472. The Morgan fingerprint density at radius 1 is 0.885 bits per heavy atom. The molecule has 134 valence electrons. The van der Waals surface area contributed by atoms with Crippen LogP contribution in [0.25, 0.3) is 22.6 Å². The predicted octanol–water partition coefficient (Wildman–Crippen LogP) is 5.24. The Morgan fingerprint density at radius 3 is 2.35 bits per heavy atom. The zero-order valence-electron chi connectivity index (χ0n) is 16.4. The fourth-order valence-electron chi connectivity index (χ4n) is 3.42. The third-order valence-corrected chi connectivity index (χ3v) is 4.86. The Balaban J connectivity index is 1.90. The van der Waals surface area contributed by atoms with Crippen molar-refractivity contribution in [3.63, 3.8) is 0 Å². The lowest BCUT2D eigenvalue weighted by molar-refractivity contribution is 0.563. The van der Waals surface area contributed by atoms with Gasteiger partial charge in [0.2, 0.25) is 0 Å². The first-order valence-electron chi connectivity index (χ1n) is 9.11. The van der Waals surface area contributed by atoms with Crippen LogP contribution in [-0.2, 0) is 10.8 Å². The summed E-state index contributed by atoms with van der Waals surface area (Å²) in [5.74, 6) is 0. The zero-order chi connectivity index (χ0) is 18.7. The third kappa shape index (κ3) is 2.70. The van der Waals surface area contributed by atoms with Crippen LogP contribution in [0, 0.1) is 0 Å². The highest BCUT2D eigenvalue weighted by atomic mass is 15.0. The molecule has 0 aromatic carbocycles. The standard InChI is InChI=1S/C22H26N4/c1-21(2,3)16-8-7-11-25-14-17(24-20(16)25)15-9-10-19-23-12-18(22(4,5)6)26(19)13-15/h7-14H,1-6H3. The van der Waals surface area contributed by atoms with Crippen LogP contribution in [0.1, 0.15) is 52.8 Å². The highest BCUT2D eigenvalue weighted by Crippen LogP contribution is 2.29. The molecule has 0 saturated heterocycles. The fourth-order valence-corrected chi connectivity index (χ4v) is 3.42. The van der Waals surface area contributed by atoms with Gasteiger partial charge in [-0.25, -0.2) is 9.97 Å². The second-order valence-corrected chi connectivity index (χ2v) is 9.07. The van der Waals surface area contributed by atoms with E-state index in [1.807, 2.05) is 6.20 Å². The SMILES string of the molecule is CC(C)(C)c1cccn2cc(-c3ccc4ncc(C(C)(C)C)n4c3)nc12. The molecule has 0 aliphatic heterocycles. The van der Waals surface area contributed by atoms with E-state index in [9.17, 15) is 0 Å². The molecule has 0 bridgehead atoms. The van der Waals surface area contributed by atoms with Gasteiger partial charge in [0, 0.05) is 47.0 Å². The van der Waals surface area contributed by atoms with Crippen molar-refractivity contribution >= 4 is 11.3 Å². The van der Waals surface area contributed by atoms with E-state index in [1.165, 1.54) is 11.3 Å². The molecule has 4 heterocycles. The first kappa shape index (κ1) is 16.8. The molecule has 4 aromatic rings. The lowest BCUT2D eigenvalue weighted by Gasteiger charge is -2.19. The first-order valence-corrected chi connectivity index (χ1v) is 9.11. The average Bonchev–Trinajstić information content (AvgIpc) is 3.16. The molecular weight excluding hydrogens is 320 g/mol. The van der Waals surface area contributed by atoms with E-state index >= 15 is 0 Å². The summed E-state index contributed by atoms with van der Waals surface area (Å²) in [4.78, 5) is 9.51. The lowest BCUT2D eigenvalue weighted by atomic mass is 9.88. The molecule has 0 amide bonds. The molecule has 0 N–H and O–H groups in total. The fraction of sp³-hybridized carbons (Fsp3) is 0.364. The molecular formula is C22H26N4. The van der Waals surface area contributed by atoms with Gasteiger partial charge >= 0.3 is 0 Å². The Bertz CT molecular complexity index is 1100. The van der Waals surface area contributed by atoms with Gasteiger partial charge in [-0.15, -0.1) is 0 Å². The summed E-state index contributed by atoms with van der Waals surface area (Å²) in [6.45, 7) is 13.3. The minimum absolute atomic E-state index is 0.0381. The summed E-state index contributed by atoms with van der Waals surface area (Å²) in [7, 11) is 0. The minimum Gasteiger partial charge on any atom is -0.306 e. The summed E-state index contributed by atoms with van der Waals surface area (Å²) in [5, 5.41) is 0. The highest BCUT2D eigenvalue weighted by Gasteiger charge is 2.21. The third-order valence-electron chi connectivity index (χ3n) is 4.86. The van der Waals surface area contributed by atoms with Crippen LogP contribution in [0.15, 0.2) is 49.1 Å². The number of pyridine rings is 2. The van der Waals surface area contributed by atoms with Crippen molar-refractivity contribution < 1.29 is 0 Å². The maximum absolute atomic E-state index is 4.96. The van der Waals surface area contributed by atoms with E-state index in [2.05, 4.69) is 98.2 Å². The van der Waals surface area contributed by atoms with E-state index in [0.717, 1.165) is 22.6 Å². The van der Waals surface area contributed by atoms with Crippen molar-refractivity contribution in [2.75, 3.05) is 0 Å². The van der Waals surface area contributed by atoms with Gasteiger partial charge in [0.1, 0.15) is 11.3 Å². The number of hydrogen-bond donors (Lipinski definition) is 0. The normalized spacial score (nSPS) is 13.0. The van der Waals surface area contributed by atoms with Gasteiger partial charge in [0.25, 0.3) is 0 Å². The predicted molar refractivity (Wildman–Crippen MR) is 107 cm³/mol. The summed E-state index contributed by atoms with van der Waals surface area (Å²) < 4.78 is 4.31. The van der Waals surface area contributed by atoms with Crippen LogP contribution in [0.2, 0.25) is 0 Å². The zero-order valence-corrected chi connectivity index (χ0v) is 16.4. The molecule has 0 atom stereocenters. The molecule has 4 heteroatoms. The monoisotopic (exact) mass is 346 g/mol. The molecule has 0 spiro atoms. The first-order chi connectivity index (χ1) is 12.1. The number of aromatic nitrogens is 4. The minimum atomic E-state index is 0.0381. The van der Waals surface area contributed by atoms with Crippen molar-refractivity contribution in [3.05, 3.63) is 60.3 Å². The Morgan fingerprint density at radius 2 is 1.65 bits per heavy atom. The number of rotatable bonds is 1.